The molecule has 0 bridgehead atoms. The van der Waals surface area contributed by atoms with Gasteiger partial charge >= 0.3 is 13.3 Å². The molecule has 18 heavy (non-hydrogen) atoms. The van der Waals surface area contributed by atoms with Crippen molar-refractivity contribution < 1.29 is 22.5 Å². The average molecular weight is 267 g/mol. The van der Waals surface area contributed by atoms with E-state index in [9.17, 15) is 13.2 Å². The molecule has 1 aliphatic rings. The van der Waals surface area contributed by atoms with Crippen molar-refractivity contribution in [3.63, 3.8) is 0 Å². The lowest BCUT2D eigenvalue weighted by Gasteiger charge is -2.32. The third kappa shape index (κ3) is 3.86. The molecule has 0 saturated carbocycles. The Balaban J connectivity index is 2.43. The van der Waals surface area contributed by atoms with Gasteiger partial charge in [0.05, 0.1) is 11.2 Å². The van der Waals surface area contributed by atoms with Crippen LogP contribution >= 0.6 is 0 Å². The minimum absolute atomic E-state index is 0.00521. The molecule has 1 rings (SSSR count). The number of hydrogen-bond acceptors (Lipinski definition) is 3. The summed E-state index contributed by atoms with van der Waals surface area (Å²) in [5.74, 6) is -0.534. The fourth-order valence-corrected chi connectivity index (χ4v) is 1.74. The largest absolute Gasteiger partial charge is 0.475 e. The number of rotatable bonds is 4. The van der Waals surface area contributed by atoms with E-state index in [0.717, 1.165) is 0 Å². The molecular weight excluding hydrogens is 246 g/mol. The van der Waals surface area contributed by atoms with Crippen LogP contribution < -0.4 is 5.73 Å². The first kappa shape index (κ1) is 15.8. The Kier molecular flexibility index (Phi) is 4.40. The van der Waals surface area contributed by atoms with Gasteiger partial charge in [-0.1, -0.05) is 0 Å². The number of alkyl halides is 3. The number of halogens is 3. The molecule has 1 atom stereocenters. The Labute approximate surface area is 106 Å². The Morgan fingerprint density at radius 3 is 1.94 bits per heavy atom. The molecule has 0 aromatic carbocycles. The molecular formula is C11H21BF3NO2. The topological polar surface area (TPSA) is 44.5 Å². The van der Waals surface area contributed by atoms with Crippen LogP contribution in [0.1, 0.15) is 47.0 Å². The lowest BCUT2D eigenvalue weighted by Crippen LogP contribution is -2.41. The van der Waals surface area contributed by atoms with Crippen LogP contribution in [0.2, 0.25) is 0 Å². The molecule has 0 aromatic rings. The summed E-state index contributed by atoms with van der Waals surface area (Å²) in [6, 6.07) is 0. The fraction of sp³-hybridized carbons (Fsp3) is 1.00. The molecule has 0 unspecified atom stereocenters. The lowest BCUT2D eigenvalue weighted by molar-refractivity contribution is -0.135. The SMILES string of the molecule is CC1(C)OB([C@@H](N)CCCC(F)(F)F)OC1(C)C. The quantitative estimate of drug-likeness (QED) is 0.796. The highest BCUT2D eigenvalue weighted by atomic mass is 19.4. The van der Waals surface area contributed by atoms with Crippen LogP contribution in [-0.4, -0.2) is 30.4 Å². The van der Waals surface area contributed by atoms with Gasteiger partial charge in [0.15, 0.2) is 0 Å². The van der Waals surface area contributed by atoms with Crippen LogP contribution in [-0.2, 0) is 9.31 Å². The summed E-state index contributed by atoms with van der Waals surface area (Å²) in [4.78, 5) is 0. The van der Waals surface area contributed by atoms with Crippen molar-refractivity contribution in [3.05, 3.63) is 0 Å². The van der Waals surface area contributed by atoms with Crippen LogP contribution in [0.15, 0.2) is 0 Å². The zero-order chi connectivity index (χ0) is 14.2. The van der Waals surface area contributed by atoms with Gasteiger partial charge in [-0.05, 0) is 40.5 Å². The van der Waals surface area contributed by atoms with E-state index in [0.29, 0.717) is 0 Å². The van der Waals surface area contributed by atoms with E-state index in [1.54, 1.807) is 0 Å². The molecule has 1 aliphatic heterocycles. The molecule has 106 valence electrons. The van der Waals surface area contributed by atoms with E-state index in [1.807, 2.05) is 27.7 Å². The summed E-state index contributed by atoms with van der Waals surface area (Å²) in [6.45, 7) is 7.54. The van der Waals surface area contributed by atoms with E-state index < -0.39 is 36.9 Å². The summed E-state index contributed by atoms with van der Waals surface area (Å²) in [6.07, 6.45) is -4.72. The van der Waals surface area contributed by atoms with Gasteiger partial charge in [0.1, 0.15) is 0 Å². The molecule has 1 saturated heterocycles. The monoisotopic (exact) mass is 267 g/mol. The maximum absolute atomic E-state index is 12.0. The number of hydrogen-bond donors (Lipinski definition) is 1. The Bertz CT molecular complexity index is 279. The third-order valence-electron chi connectivity index (χ3n) is 3.62. The Morgan fingerprint density at radius 1 is 1.11 bits per heavy atom. The van der Waals surface area contributed by atoms with Crippen LogP contribution in [0, 0.1) is 0 Å². The second kappa shape index (κ2) is 5.02. The first-order valence-electron chi connectivity index (χ1n) is 6.13. The lowest BCUT2D eigenvalue weighted by atomic mass is 9.76. The second-order valence-corrected chi connectivity index (χ2v) is 5.80. The minimum Gasteiger partial charge on any atom is -0.402 e. The molecule has 0 aliphatic carbocycles. The van der Waals surface area contributed by atoms with Gasteiger partial charge in [-0.3, -0.25) is 0 Å². The van der Waals surface area contributed by atoms with E-state index in [4.69, 9.17) is 15.0 Å². The molecule has 1 fully saturated rings. The van der Waals surface area contributed by atoms with Crippen molar-refractivity contribution in [1.29, 1.82) is 0 Å². The zero-order valence-electron chi connectivity index (χ0n) is 11.3. The van der Waals surface area contributed by atoms with Crippen molar-refractivity contribution in [2.45, 2.75) is 70.3 Å². The highest BCUT2D eigenvalue weighted by molar-refractivity contribution is 6.47. The normalized spacial score (nSPS) is 24.3. The van der Waals surface area contributed by atoms with E-state index >= 15 is 0 Å². The molecule has 1 heterocycles. The van der Waals surface area contributed by atoms with Crippen molar-refractivity contribution >= 4 is 7.12 Å². The first-order chi connectivity index (χ1) is 7.95. The van der Waals surface area contributed by atoms with Gasteiger partial charge in [-0.15, -0.1) is 0 Å². The highest BCUT2D eigenvalue weighted by Crippen LogP contribution is 2.37. The summed E-state index contributed by atoms with van der Waals surface area (Å²) >= 11 is 0. The molecule has 7 heteroatoms. The van der Waals surface area contributed by atoms with Gasteiger partial charge in [-0.2, -0.15) is 13.2 Å². The first-order valence-corrected chi connectivity index (χ1v) is 6.13. The summed E-state index contributed by atoms with van der Waals surface area (Å²) in [5, 5.41) is 0. The van der Waals surface area contributed by atoms with Gasteiger partial charge in [0.2, 0.25) is 0 Å². The molecule has 0 radical (unpaired) electrons. The van der Waals surface area contributed by atoms with E-state index in [2.05, 4.69) is 0 Å². The fourth-order valence-electron chi connectivity index (χ4n) is 1.74. The zero-order valence-corrected chi connectivity index (χ0v) is 11.3. The maximum atomic E-state index is 12.0. The second-order valence-electron chi connectivity index (χ2n) is 5.80. The molecule has 0 aromatic heterocycles. The smallest absolute Gasteiger partial charge is 0.402 e. The predicted molar refractivity (Wildman–Crippen MR) is 64.0 cm³/mol. The van der Waals surface area contributed by atoms with Gasteiger partial charge < -0.3 is 15.0 Å². The highest BCUT2D eigenvalue weighted by Gasteiger charge is 2.52. The van der Waals surface area contributed by atoms with Crippen molar-refractivity contribution in [1.82, 2.24) is 0 Å². The standard InChI is InChI=1S/C11H21BF3NO2/c1-9(2)10(3,4)18-12(17-9)8(16)6-5-7-11(13,14)15/h8H,5-7,16H2,1-4H3/t8-/m0/s1. The van der Waals surface area contributed by atoms with E-state index in [1.165, 1.54) is 0 Å². The Hall–Kier alpha value is -0.265. The van der Waals surface area contributed by atoms with Crippen LogP contribution in [0.25, 0.3) is 0 Å². The predicted octanol–water partition coefficient (Wildman–Crippen LogP) is 2.68. The van der Waals surface area contributed by atoms with Crippen molar-refractivity contribution in [3.8, 4) is 0 Å². The third-order valence-corrected chi connectivity index (χ3v) is 3.62. The average Bonchev–Trinajstić information content (AvgIpc) is 2.33. The van der Waals surface area contributed by atoms with Crippen LogP contribution in [0.3, 0.4) is 0 Å². The van der Waals surface area contributed by atoms with Gasteiger partial charge in [-0.25, -0.2) is 0 Å². The Morgan fingerprint density at radius 2 is 1.56 bits per heavy atom. The van der Waals surface area contributed by atoms with Crippen LogP contribution in [0.5, 0.6) is 0 Å². The molecule has 3 nitrogen and oxygen atoms in total. The molecule has 0 spiro atoms. The molecule has 2 N–H and O–H groups in total. The van der Waals surface area contributed by atoms with Crippen molar-refractivity contribution in [2.75, 3.05) is 0 Å². The van der Waals surface area contributed by atoms with Crippen LogP contribution in [0.4, 0.5) is 13.2 Å². The van der Waals surface area contributed by atoms with Crippen molar-refractivity contribution in [2.24, 2.45) is 5.73 Å². The summed E-state index contributed by atoms with van der Waals surface area (Å²) in [7, 11) is -0.636. The minimum atomic E-state index is -4.13. The summed E-state index contributed by atoms with van der Waals surface area (Å²) in [5.41, 5.74) is 4.83. The van der Waals surface area contributed by atoms with Gasteiger partial charge in [0.25, 0.3) is 0 Å². The number of nitrogens with two attached hydrogens (primary N) is 1. The summed E-state index contributed by atoms with van der Waals surface area (Å²) < 4.78 is 47.4. The van der Waals surface area contributed by atoms with E-state index in [-0.39, 0.29) is 12.8 Å². The maximum Gasteiger partial charge on any atom is 0.475 e. The van der Waals surface area contributed by atoms with Gasteiger partial charge in [0, 0.05) is 12.4 Å². The molecule has 0 amide bonds.